The van der Waals surface area contributed by atoms with E-state index in [1.165, 1.54) is 6.92 Å². The van der Waals surface area contributed by atoms with Gasteiger partial charge in [-0.25, -0.2) is 19.6 Å². The van der Waals surface area contributed by atoms with Crippen LogP contribution in [0.4, 0.5) is 16.4 Å². The van der Waals surface area contributed by atoms with E-state index in [1.807, 2.05) is 60.8 Å². The number of ether oxygens (including phenoxy) is 1. The van der Waals surface area contributed by atoms with Gasteiger partial charge >= 0.3 is 12.1 Å². The fourth-order valence-corrected chi connectivity index (χ4v) is 5.85. The maximum Gasteiger partial charge on any atom is 0.408 e. The summed E-state index contributed by atoms with van der Waals surface area (Å²) in [6.45, 7) is 9.77. The number of benzene rings is 2. The van der Waals surface area contributed by atoms with Gasteiger partial charge in [0, 0.05) is 53.4 Å². The quantitative estimate of drug-likeness (QED) is 0.184. The molecule has 44 heavy (non-hydrogen) atoms. The molecule has 6 rings (SSSR count). The smallest absolute Gasteiger partial charge is 0.408 e. The van der Waals surface area contributed by atoms with Gasteiger partial charge in [-0.2, -0.15) is 0 Å². The molecule has 3 heterocycles. The monoisotopic (exact) mass is 656 g/mol. The molecule has 1 amide bonds. The Balaban J connectivity index is 1.37. The van der Waals surface area contributed by atoms with Crippen molar-refractivity contribution in [3.8, 4) is 11.1 Å². The van der Waals surface area contributed by atoms with E-state index in [4.69, 9.17) is 14.6 Å². The number of oxime groups is 1. The zero-order valence-corrected chi connectivity index (χ0v) is 26.6. The number of aromatic nitrogens is 2. The molecule has 0 spiro atoms. The molecule has 4 aromatic rings. The first kappa shape index (κ1) is 29.6. The number of rotatable bonds is 5. The van der Waals surface area contributed by atoms with E-state index in [-0.39, 0.29) is 0 Å². The van der Waals surface area contributed by atoms with Gasteiger partial charge in [-0.3, -0.25) is 0 Å². The molecule has 1 saturated heterocycles. The number of nitrogens with zero attached hydrogens (tertiary/aromatic N) is 5. The van der Waals surface area contributed by atoms with Crippen LogP contribution in [0.5, 0.6) is 0 Å². The molecule has 2 aromatic heterocycles. The molecule has 0 radical (unpaired) electrons. The zero-order chi connectivity index (χ0) is 31.0. The lowest BCUT2D eigenvalue weighted by atomic mass is 10.0. The van der Waals surface area contributed by atoms with Crippen LogP contribution in [0.25, 0.3) is 22.0 Å². The molecule has 1 fully saturated rings. The van der Waals surface area contributed by atoms with Crippen molar-refractivity contribution < 1.29 is 19.2 Å². The summed E-state index contributed by atoms with van der Waals surface area (Å²) in [5.41, 5.74) is 4.30. The maximum atomic E-state index is 13.0. The van der Waals surface area contributed by atoms with Crippen LogP contribution in [-0.4, -0.2) is 65.6 Å². The normalized spacial score (nSPS) is 16.0. The van der Waals surface area contributed by atoms with Crippen LogP contribution >= 0.6 is 15.9 Å². The van der Waals surface area contributed by atoms with Crippen LogP contribution in [0, 0.1) is 0 Å². The highest BCUT2D eigenvalue weighted by Crippen LogP contribution is 2.46. The van der Waals surface area contributed by atoms with Gasteiger partial charge < -0.3 is 24.7 Å². The van der Waals surface area contributed by atoms with Crippen molar-refractivity contribution in [2.24, 2.45) is 5.16 Å². The zero-order valence-electron chi connectivity index (χ0n) is 25.0. The first-order valence-electron chi connectivity index (χ1n) is 14.5. The van der Waals surface area contributed by atoms with Crippen molar-refractivity contribution in [1.82, 2.24) is 15.3 Å². The number of pyridine rings is 2. The molecule has 0 bridgehead atoms. The molecule has 1 aliphatic heterocycles. The fraction of sp³-hybridized carbons (Fsp3) is 0.303. The molecule has 1 unspecified atom stereocenters. The van der Waals surface area contributed by atoms with Gasteiger partial charge in [0.2, 0.25) is 0 Å². The summed E-state index contributed by atoms with van der Waals surface area (Å²) in [7, 11) is 0. The van der Waals surface area contributed by atoms with E-state index in [9.17, 15) is 9.59 Å². The third-order valence-electron chi connectivity index (χ3n) is 7.48. The minimum atomic E-state index is -0.977. The van der Waals surface area contributed by atoms with Crippen LogP contribution in [-0.2, 0) is 14.4 Å². The number of halogens is 1. The second kappa shape index (κ2) is 11.9. The Labute approximate surface area is 264 Å². The fourth-order valence-electron chi connectivity index (χ4n) is 5.49. The Bertz CT molecular complexity index is 1760. The molecule has 2 aromatic carbocycles. The third kappa shape index (κ3) is 5.96. The van der Waals surface area contributed by atoms with E-state index in [0.717, 1.165) is 75.4 Å². The molecule has 1 N–H and O–H groups in total. The predicted octanol–water partition coefficient (Wildman–Crippen LogP) is 5.91. The average Bonchev–Trinajstić information content (AvgIpc) is 3.33. The van der Waals surface area contributed by atoms with Crippen molar-refractivity contribution in [3.63, 3.8) is 0 Å². The number of hydrogen-bond acceptors (Lipinski definition) is 9. The second-order valence-corrected chi connectivity index (χ2v) is 12.7. The molecule has 2 aliphatic rings. The number of nitrogens with one attached hydrogen (secondary N) is 1. The number of amides is 1. The highest BCUT2D eigenvalue weighted by molar-refractivity contribution is 9.10. The summed E-state index contributed by atoms with van der Waals surface area (Å²) < 4.78 is 6.21. The van der Waals surface area contributed by atoms with Crippen LogP contribution < -0.4 is 15.1 Å². The van der Waals surface area contributed by atoms with Crippen LogP contribution in [0.15, 0.2) is 76.5 Å². The van der Waals surface area contributed by atoms with Crippen LogP contribution in [0.2, 0.25) is 0 Å². The maximum absolute atomic E-state index is 13.0. The van der Waals surface area contributed by atoms with Crippen LogP contribution in [0.1, 0.15) is 38.8 Å². The van der Waals surface area contributed by atoms with Crippen molar-refractivity contribution in [3.05, 3.63) is 82.5 Å². The molecule has 1 aliphatic carbocycles. The predicted molar refractivity (Wildman–Crippen MR) is 174 cm³/mol. The second-order valence-electron chi connectivity index (χ2n) is 11.8. The summed E-state index contributed by atoms with van der Waals surface area (Å²) in [6, 6.07) is 19.0. The van der Waals surface area contributed by atoms with Crippen molar-refractivity contribution in [1.29, 1.82) is 0 Å². The Morgan fingerprint density at radius 2 is 1.66 bits per heavy atom. The minimum Gasteiger partial charge on any atom is -0.444 e. The number of alkyl carbamates (subject to hydrolysis) is 1. The first-order chi connectivity index (χ1) is 21.1. The van der Waals surface area contributed by atoms with Gasteiger partial charge in [-0.15, -0.1) is 0 Å². The molecule has 11 heteroatoms. The Morgan fingerprint density at radius 1 is 0.955 bits per heavy atom. The van der Waals surface area contributed by atoms with Crippen molar-refractivity contribution >= 4 is 56.2 Å². The van der Waals surface area contributed by atoms with Gasteiger partial charge in [0.25, 0.3) is 0 Å². The average molecular weight is 658 g/mol. The van der Waals surface area contributed by atoms with E-state index in [1.54, 1.807) is 20.8 Å². The number of piperazine rings is 1. The van der Waals surface area contributed by atoms with E-state index in [2.05, 4.69) is 47.3 Å². The summed E-state index contributed by atoms with van der Waals surface area (Å²) in [5, 5.41) is 7.92. The number of anilines is 2. The van der Waals surface area contributed by atoms with Crippen molar-refractivity contribution in [2.45, 2.75) is 39.3 Å². The third-order valence-corrected chi connectivity index (χ3v) is 7.98. The summed E-state index contributed by atoms with van der Waals surface area (Å²) >= 11 is 3.63. The van der Waals surface area contributed by atoms with Gasteiger partial charge in [-0.1, -0.05) is 51.4 Å². The highest BCUT2D eigenvalue weighted by atomic mass is 79.9. The Hall–Kier alpha value is -4.51. The lowest BCUT2D eigenvalue weighted by molar-refractivity contribution is -0.145. The number of fused-ring (bicyclic) bond motifs is 5. The number of hydrogen-bond donors (Lipinski definition) is 1. The molecule has 10 nitrogen and oxygen atoms in total. The lowest BCUT2D eigenvalue weighted by Gasteiger charge is -2.37. The van der Waals surface area contributed by atoms with Gasteiger partial charge in [0.05, 0.1) is 11.1 Å². The van der Waals surface area contributed by atoms with Crippen LogP contribution in [0.3, 0.4) is 0 Å². The standard InChI is InChI=1S/C33H33BrN6O4/c1-20(36-32(42)43-33(2,3)4)31(41)44-38-29-23-10-6-5-9-22(23)27-24-19-21(34)12-13-25(24)37-30(28(27)29)40-17-15-39(16-18-40)26-11-7-8-14-35-26/h5-14,19-20H,15-18H2,1-4H3,(H,36,42)/b38-29+. The lowest BCUT2D eigenvalue weighted by Crippen LogP contribution is -2.47. The SMILES string of the molecule is CC(NC(=O)OC(C)(C)C)C(=O)O/N=C1\c2ccccc2-c2c1c(N1CCN(c3ccccn3)CC1)nc1ccc(Br)cc21. The summed E-state index contributed by atoms with van der Waals surface area (Å²) in [6.07, 6.45) is 1.10. The number of carbonyl (C=O) groups excluding carboxylic acids is 2. The molecule has 0 saturated carbocycles. The van der Waals surface area contributed by atoms with E-state index >= 15 is 0 Å². The molecule has 226 valence electrons. The van der Waals surface area contributed by atoms with Gasteiger partial charge in [0.15, 0.2) is 0 Å². The summed E-state index contributed by atoms with van der Waals surface area (Å²) in [4.78, 5) is 44.9. The minimum absolute atomic E-state index is 0.518. The first-order valence-corrected chi connectivity index (χ1v) is 15.3. The van der Waals surface area contributed by atoms with E-state index < -0.39 is 23.7 Å². The molecular formula is C33H33BrN6O4. The topological polar surface area (TPSA) is 109 Å². The van der Waals surface area contributed by atoms with Gasteiger partial charge in [-0.05, 0) is 63.6 Å². The number of carbonyl (C=O) groups is 2. The van der Waals surface area contributed by atoms with Crippen molar-refractivity contribution in [2.75, 3.05) is 36.0 Å². The molecule has 1 atom stereocenters. The highest BCUT2D eigenvalue weighted by Gasteiger charge is 2.34. The van der Waals surface area contributed by atoms with Gasteiger partial charge in [0.1, 0.15) is 29.0 Å². The largest absolute Gasteiger partial charge is 0.444 e. The molecular weight excluding hydrogens is 624 g/mol. The summed E-state index contributed by atoms with van der Waals surface area (Å²) in [5.74, 6) is 1.02. The Morgan fingerprint density at radius 3 is 2.36 bits per heavy atom. The van der Waals surface area contributed by atoms with E-state index in [0.29, 0.717) is 5.71 Å². The Kier molecular flexibility index (Phi) is 7.98.